The Bertz CT molecular complexity index is 596. The molecular formula is C14H14N2O2. The van der Waals surface area contributed by atoms with E-state index in [2.05, 4.69) is 4.98 Å². The molecule has 0 bridgehead atoms. The molecule has 0 atom stereocenters. The summed E-state index contributed by atoms with van der Waals surface area (Å²) in [7, 11) is 0. The molecule has 0 saturated heterocycles. The van der Waals surface area contributed by atoms with E-state index in [4.69, 9.17) is 15.2 Å². The Hall–Kier alpha value is -2.23. The van der Waals surface area contributed by atoms with Gasteiger partial charge < -0.3 is 15.2 Å². The van der Waals surface area contributed by atoms with Gasteiger partial charge in [0.2, 0.25) is 0 Å². The van der Waals surface area contributed by atoms with E-state index in [1.165, 1.54) is 0 Å². The highest BCUT2D eigenvalue weighted by atomic mass is 16.6. The molecular weight excluding hydrogens is 228 g/mol. The SMILES string of the molecule is Cc1nc(-c2cccc3c2OCCO3)ccc1N. The van der Waals surface area contributed by atoms with Gasteiger partial charge in [-0.15, -0.1) is 0 Å². The number of benzene rings is 1. The van der Waals surface area contributed by atoms with Gasteiger partial charge >= 0.3 is 0 Å². The first-order valence-corrected chi connectivity index (χ1v) is 5.88. The maximum Gasteiger partial charge on any atom is 0.170 e. The minimum atomic E-state index is 0.567. The van der Waals surface area contributed by atoms with E-state index in [0.717, 1.165) is 28.5 Å². The van der Waals surface area contributed by atoms with Crippen LogP contribution in [0.2, 0.25) is 0 Å². The van der Waals surface area contributed by atoms with Gasteiger partial charge in [0.05, 0.1) is 17.1 Å². The van der Waals surface area contributed by atoms with E-state index in [1.807, 2.05) is 37.3 Å². The molecule has 1 aliphatic heterocycles. The number of fused-ring (bicyclic) bond motifs is 1. The molecule has 0 fully saturated rings. The first-order chi connectivity index (χ1) is 8.75. The van der Waals surface area contributed by atoms with E-state index < -0.39 is 0 Å². The molecule has 18 heavy (non-hydrogen) atoms. The lowest BCUT2D eigenvalue weighted by atomic mass is 10.1. The molecule has 1 aromatic carbocycles. The van der Waals surface area contributed by atoms with Gasteiger partial charge in [-0.1, -0.05) is 6.07 Å². The third-order valence-corrected chi connectivity index (χ3v) is 2.97. The summed E-state index contributed by atoms with van der Waals surface area (Å²) >= 11 is 0. The molecule has 0 saturated carbocycles. The Morgan fingerprint density at radius 3 is 2.78 bits per heavy atom. The fourth-order valence-corrected chi connectivity index (χ4v) is 2.00. The number of aromatic nitrogens is 1. The first-order valence-electron chi connectivity index (χ1n) is 5.88. The number of anilines is 1. The Morgan fingerprint density at radius 2 is 1.94 bits per heavy atom. The summed E-state index contributed by atoms with van der Waals surface area (Å²) in [6, 6.07) is 9.58. The summed E-state index contributed by atoms with van der Waals surface area (Å²) in [5.41, 5.74) is 9.09. The van der Waals surface area contributed by atoms with Gasteiger partial charge in [-0.3, -0.25) is 4.98 Å². The highest BCUT2D eigenvalue weighted by Crippen LogP contribution is 2.39. The van der Waals surface area contributed by atoms with Crippen LogP contribution in [-0.2, 0) is 0 Å². The first kappa shape index (κ1) is 10.9. The van der Waals surface area contributed by atoms with Crippen molar-refractivity contribution in [1.82, 2.24) is 4.98 Å². The van der Waals surface area contributed by atoms with Gasteiger partial charge in [-0.05, 0) is 31.2 Å². The smallest absolute Gasteiger partial charge is 0.170 e. The van der Waals surface area contributed by atoms with E-state index >= 15 is 0 Å². The van der Waals surface area contributed by atoms with Crippen molar-refractivity contribution in [2.45, 2.75) is 6.92 Å². The summed E-state index contributed by atoms with van der Waals surface area (Å²) < 4.78 is 11.2. The van der Waals surface area contributed by atoms with Crippen LogP contribution < -0.4 is 15.2 Å². The normalized spacial score (nSPS) is 13.4. The third-order valence-electron chi connectivity index (χ3n) is 2.97. The second-order valence-corrected chi connectivity index (χ2v) is 4.20. The highest BCUT2D eigenvalue weighted by Gasteiger charge is 2.17. The van der Waals surface area contributed by atoms with Crippen LogP contribution in [0, 0.1) is 6.92 Å². The minimum absolute atomic E-state index is 0.567. The maximum atomic E-state index is 5.79. The molecule has 92 valence electrons. The Kier molecular flexibility index (Phi) is 2.55. The van der Waals surface area contributed by atoms with Gasteiger partial charge in [0, 0.05) is 5.56 Å². The number of hydrogen-bond donors (Lipinski definition) is 1. The maximum absolute atomic E-state index is 5.79. The summed E-state index contributed by atoms with van der Waals surface area (Å²) in [5.74, 6) is 1.54. The molecule has 1 aromatic heterocycles. The van der Waals surface area contributed by atoms with Crippen LogP contribution in [0.1, 0.15) is 5.69 Å². The molecule has 0 radical (unpaired) electrons. The van der Waals surface area contributed by atoms with Crippen LogP contribution in [0.5, 0.6) is 11.5 Å². The Morgan fingerprint density at radius 1 is 1.11 bits per heavy atom. The van der Waals surface area contributed by atoms with Crippen LogP contribution in [0.3, 0.4) is 0 Å². The van der Waals surface area contributed by atoms with Crippen molar-refractivity contribution < 1.29 is 9.47 Å². The standard InChI is InChI=1S/C14H14N2O2/c1-9-11(15)5-6-12(16-9)10-3-2-4-13-14(10)18-8-7-17-13/h2-6H,7-8,15H2,1H3. The fraction of sp³-hybridized carbons (Fsp3) is 0.214. The summed E-state index contributed by atoms with van der Waals surface area (Å²) in [6.45, 7) is 3.05. The van der Waals surface area contributed by atoms with Gasteiger partial charge in [0.15, 0.2) is 11.5 Å². The number of nitrogens with zero attached hydrogens (tertiary/aromatic N) is 1. The zero-order chi connectivity index (χ0) is 12.5. The predicted molar refractivity (Wildman–Crippen MR) is 69.8 cm³/mol. The number of rotatable bonds is 1. The quantitative estimate of drug-likeness (QED) is 0.834. The van der Waals surface area contributed by atoms with Crippen molar-refractivity contribution in [1.29, 1.82) is 0 Å². The average molecular weight is 242 g/mol. The van der Waals surface area contributed by atoms with Crippen molar-refractivity contribution in [2.75, 3.05) is 18.9 Å². The van der Waals surface area contributed by atoms with Crippen LogP contribution in [0.25, 0.3) is 11.3 Å². The second kappa shape index (κ2) is 4.22. The van der Waals surface area contributed by atoms with Crippen molar-refractivity contribution in [3.05, 3.63) is 36.0 Å². The van der Waals surface area contributed by atoms with Crippen LogP contribution >= 0.6 is 0 Å². The largest absolute Gasteiger partial charge is 0.486 e. The minimum Gasteiger partial charge on any atom is -0.486 e. The number of para-hydroxylation sites is 1. The molecule has 4 nitrogen and oxygen atoms in total. The molecule has 1 aliphatic rings. The van der Waals surface area contributed by atoms with E-state index in [1.54, 1.807) is 0 Å². The van der Waals surface area contributed by atoms with Gasteiger partial charge in [0.1, 0.15) is 13.2 Å². The van der Waals surface area contributed by atoms with Crippen molar-refractivity contribution in [3.63, 3.8) is 0 Å². The highest BCUT2D eigenvalue weighted by molar-refractivity contribution is 5.72. The van der Waals surface area contributed by atoms with Gasteiger partial charge in [-0.25, -0.2) is 0 Å². The van der Waals surface area contributed by atoms with Crippen LogP contribution in [0.15, 0.2) is 30.3 Å². The Balaban J connectivity index is 2.13. The molecule has 4 heteroatoms. The summed E-state index contributed by atoms with van der Waals surface area (Å²) in [6.07, 6.45) is 0. The monoisotopic (exact) mass is 242 g/mol. The molecule has 3 rings (SSSR count). The van der Waals surface area contributed by atoms with Gasteiger partial charge in [0.25, 0.3) is 0 Å². The number of nitrogen functional groups attached to an aromatic ring is 1. The number of aryl methyl sites for hydroxylation is 1. The second-order valence-electron chi connectivity index (χ2n) is 4.20. The predicted octanol–water partition coefficient (Wildman–Crippen LogP) is 2.41. The van der Waals surface area contributed by atoms with Crippen molar-refractivity contribution in [2.24, 2.45) is 0 Å². The lowest BCUT2D eigenvalue weighted by Gasteiger charge is -2.20. The molecule has 0 amide bonds. The fourth-order valence-electron chi connectivity index (χ4n) is 2.00. The number of hydrogen-bond acceptors (Lipinski definition) is 4. The molecule has 2 heterocycles. The van der Waals surface area contributed by atoms with Crippen molar-refractivity contribution in [3.8, 4) is 22.8 Å². The topological polar surface area (TPSA) is 57.4 Å². The molecule has 2 N–H and O–H groups in total. The number of nitrogens with two attached hydrogens (primary N) is 1. The zero-order valence-corrected chi connectivity index (χ0v) is 10.1. The Labute approximate surface area is 105 Å². The van der Waals surface area contributed by atoms with E-state index in [0.29, 0.717) is 18.9 Å². The van der Waals surface area contributed by atoms with E-state index in [9.17, 15) is 0 Å². The summed E-state index contributed by atoms with van der Waals surface area (Å²) in [5, 5.41) is 0. The molecule has 2 aromatic rings. The lowest BCUT2D eigenvalue weighted by Crippen LogP contribution is -2.16. The number of pyridine rings is 1. The average Bonchev–Trinajstić information content (AvgIpc) is 2.41. The number of ether oxygens (including phenoxy) is 2. The molecule has 0 aliphatic carbocycles. The van der Waals surface area contributed by atoms with Crippen molar-refractivity contribution >= 4 is 5.69 Å². The van der Waals surface area contributed by atoms with E-state index in [-0.39, 0.29) is 0 Å². The molecule has 0 unspecified atom stereocenters. The third kappa shape index (κ3) is 1.76. The summed E-state index contributed by atoms with van der Waals surface area (Å²) in [4.78, 5) is 4.49. The van der Waals surface area contributed by atoms with Crippen LogP contribution in [-0.4, -0.2) is 18.2 Å². The lowest BCUT2D eigenvalue weighted by molar-refractivity contribution is 0.172. The van der Waals surface area contributed by atoms with Crippen LogP contribution in [0.4, 0.5) is 5.69 Å². The zero-order valence-electron chi connectivity index (χ0n) is 10.1. The van der Waals surface area contributed by atoms with Gasteiger partial charge in [-0.2, -0.15) is 0 Å². The molecule has 0 spiro atoms.